The van der Waals surface area contributed by atoms with Gasteiger partial charge in [0.05, 0.1) is 6.04 Å². The summed E-state index contributed by atoms with van der Waals surface area (Å²) in [6.07, 6.45) is 0.418. The summed E-state index contributed by atoms with van der Waals surface area (Å²) in [5, 5.41) is 2.54. The van der Waals surface area contributed by atoms with Crippen molar-refractivity contribution in [1.82, 2.24) is 5.32 Å². The Labute approximate surface area is 107 Å². The van der Waals surface area contributed by atoms with Gasteiger partial charge in [0.1, 0.15) is 5.54 Å². The van der Waals surface area contributed by atoms with Crippen LogP contribution >= 0.6 is 0 Å². The van der Waals surface area contributed by atoms with E-state index in [-0.39, 0.29) is 5.91 Å². The number of amides is 2. The molecule has 0 aliphatic carbocycles. The second-order valence-electron chi connectivity index (χ2n) is 4.77. The largest absolute Gasteiger partial charge is 0.368 e. The number of hydrogen-bond donors (Lipinski definition) is 3. The Kier molecular flexibility index (Phi) is 4.44. The molecule has 2 amide bonds. The minimum absolute atomic E-state index is 0.386. The second kappa shape index (κ2) is 5.64. The first-order valence-electron chi connectivity index (χ1n) is 5.74. The summed E-state index contributed by atoms with van der Waals surface area (Å²) in [7, 11) is 0. The molecule has 0 saturated carbocycles. The van der Waals surface area contributed by atoms with Crippen LogP contribution in [0.25, 0.3) is 0 Å². The molecule has 5 nitrogen and oxygen atoms in total. The van der Waals surface area contributed by atoms with Gasteiger partial charge in [0.25, 0.3) is 0 Å². The van der Waals surface area contributed by atoms with Gasteiger partial charge in [-0.3, -0.25) is 9.59 Å². The van der Waals surface area contributed by atoms with Gasteiger partial charge in [0.2, 0.25) is 11.8 Å². The number of carbonyl (C=O) groups is 2. The summed E-state index contributed by atoms with van der Waals surface area (Å²) in [5.74, 6) is -0.981. The average Bonchev–Trinajstić information content (AvgIpc) is 2.29. The highest BCUT2D eigenvalue weighted by Gasteiger charge is 2.28. The van der Waals surface area contributed by atoms with Crippen molar-refractivity contribution in [3.63, 3.8) is 0 Å². The SMILES string of the molecule is CC(C)(NC(=O)[C@@H](N)Cc1ccccc1)C(N)=O. The van der Waals surface area contributed by atoms with Crippen LogP contribution in [0.1, 0.15) is 19.4 Å². The summed E-state index contributed by atoms with van der Waals surface area (Å²) in [6.45, 7) is 3.09. The molecule has 0 fully saturated rings. The van der Waals surface area contributed by atoms with Crippen molar-refractivity contribution in [3.8, 4) is 0 Å². The Morgan fingerprint density at radius 2 is 1.83 bits per heavy atom. The first kappa shape index (κ1) is 14.2. The number of rotatable bonds is 5. The van der Waals surface area contributed by atoms with E-state index in [1.54, 1.807) is 13.8 Å². The maximum absolute atomic E-state index is 11.8. The molecule has 0 radical (unpaired) electrons. The molecule has 0 unspecified atom stereocenters. The van der Waals surface area contributed by atoms with Gasteiger partial charge in [-0.05, 0) is 25.8 Å². The molecule has 0 bridgehead atoms. The van der Waals surface area contributed by atoms with Gasteiger partial charge in [0.15, 0.2) is 0 Å². The molecule has 18 heavy (non-hydrogen) atoms. The van der Waals surface area contributed by atoms with Gasteiger partial charge in [-0.2, -0.15) is 0 Å². The molecule has 0 aliphatic rings. The predicted octanol–water partition coefficient (Wildman–Crippen LogP) is -0.0635. The van der Waals surface area contributed by atoms with E-state index < -0.39 is 17.5 Å². The average molecular weight is 249 g/mol. The van der Waals surface area contributed by atoms with Crippen molar-refractivity contribution in [3.05, 3.63) is 35.9 Å². The smallest absolute Gasteiger partial charge is 0.242 e. The lowest BCUT2D eigenvalue weighted by Crippen LogP contribution is -2.57. The standard InChI is InChI=1S/C13H19N3O2/c1-13(2,12(15)18)16-11(17)10(14)8-9-6-4-3-5-7-9/h3-7,10H,8,14H2,1-2H3,(H2,15,18)(H,16,17)/t10-/m0/s1. The summed E-state index contributed by atoms with van der Waals surface area (Å²) in [6, 6.07) is 8.75. The first-order valence-corrected chi connectivity index (χ1v) is 5.74. The predicted molar refractivity (Wildman–Crippen MR) is 69.5 cm³/mol. The third-order valence-electron chi connectivity index (χ3n) is 2.69. The second-order valence-corrected chi connectivity index (χ2v) is 4.77. The van der Waals surface area contributed by atoms with Crippen molar-refractivity contribution in [1.29, 1.82) is 0 Å². The number of nitrogens with one attached hydrogen (secondary N) is 1. The number of carbonyl (C=O) groups excluding carboxylic acids is 2. The molecule has 1 aromatic rings. The van der Waals surface area contributed by atoms with E-state index in [1.807, 2.05) is 30.3 Å². The summed E-state index contributed by atoms with van der Waals surface area (Å²) in [5.41, 5.74) is 10.8. The molecule has 1 rings (SSSR count). The molecule has 0 saturated heterocycles. The van der Waals surface area contributed by atoms with Gasteiger partial charge in [-0.1, -0.05) is 30.3 Å². The molecule has 0 heterocycles. The molecule has 0 spiro atoms. The van der Waals surface area contributed by atoms with Crippen LogP contribution in [0.4, 0.5) is 0 Å². The lowest BCUT2D eigenvalue weighted by Gasteiger charge is -2.24. The van der Waals surface area contributed by atoms with Crippen LogP contribution in [0.5, 0.6) is 0 Å². The quantitative estimate of drug-likeness (QED) is 0.681. The highest BCUT2D eigenvalue weighted by Crippen LogP contribution is 2.05. The van der Waals surface area contributed by atoms with Crippen molar-refractivity contribution < 1.29 is 9.59 Å². The molecule has 1 atom stereocenters. The molecule has 98 valence electrons. The Hall–Kier alpha value is -1.88. The number of hydrogen-bond acceptors (Lipinski definition) is 3. The van der Waals surface area contributed by atoms with Crippen LogP contribution < -0.4 is 16.8 Å². The highest BCUT2D eigenvalue weighted by atomic mass is 16.2. The third-order valence-corrected chi connectivity index (χ3v) is 2.69. The number of benzene rings is 1. The van der Waals surface area contributed by atoms with Crippen LogP contribution in [0.15, 0.2) is 30.3 Å². The van der Waals surface area contributed by atoms with Crippen LogP contribution in [0.2, 0.25) is 0 Å². The zero-order chi connectivity index (χ0) is 13.8. The fourth-order valence-electron chi connectivity index (χ4n) is 1.42. The minimum atomic E-state index is -1.09. The van der Waals surface area contributed by atoms with Gasteiger partial charge in [-0.15, -0.1) is 0 Å². The Morgan fingerprint density at radius 3 is 2.33 bits per heavy atom. The molecule has 0 aliphatic heterocycles. The van der Waals surface area contributed by atoms with Crippen molar-refractivity contribution in [2.24, 2.45) is 11.5 Å². The van der Waals surface area contributed by atoms with Gasteiger partial charge in [0, 0.05) is 0 Å². The van der Waals surface area contributed by atoms with Gasteiger partial charge >= 0.3 is 0 Å². The fourth-order valence-corrected chi connectivity index (χ4v) is 1.42. The number of primary amides is 1. The first-order chi connectivity index (χ1) is 8.33. The molecular weight excluding hydrogens is 230 g/mol. The van der Waals surface area contributed by atoms with Crippen LogP contribution in [0.3, 0.4) is 0 Å². The Balaban J connectivity index is 2.60. The Morgan fingerprint density at radius 1 is 1.28 bits per heavy atom. The van der Waals surface area contributed by atoms with E-state index in [1.165, 1.54) is 0 Å². The summed E-state index contributed by atoms with van der Waals surface area (Å²) < 4.78 is 0. The maximum Gasteiger partial charge on any atom is 0.242 e. The van der Waals surface area contributed by atoms with Crippen LogP contribution in [-0.4, -0.2) is 23.4 Å². The molecule has 0 aromatic heterocycles. The molecule has 1 aromatic carbocycles. The zero-order valence-electron chi connectivity index (χ0n) is 10.6. The van der Waals surface area contributed by atoms with E-state index in [9.17, 15) is 9.59 Å². The highest BCUT2D eigenvalue weighted by molar-refractivity contribution is 5.91. The molecule has 5 heteroatoms. The third kappa shape index (κ3) is 3.85. The van der Waals surface area contributed by atoms with Gasteiger partial charge in [-0.25, -0.2) is 0 Å². The Bertz CT molecular complexity index is 429. The van der Waals surface area contributed by atoms with Gasteiger partial charge < -0.3 is 16.8 Å². The van der Waals surface area contributed by atoms with Crippen molar-refractivity contribution in [2.75, 3.05) is 0 Å². The monoisotopic (exact) mass is 249 g/mol. The topological polar surface area (TPSA) is 98.2 Å². The van der Waals surface area contributed by atoms with Crippen LogP contribution in [-0.2, 0) is 16.0 Å². The maximum atomic E-state index is 11.8. The fraction of sp³-hybridized carbons (Fsp3) is 0.385. The van der Waals surface area contributed by atoms with E-state index in [4.69, 9.17) is 11.5 Å². The van der Waals surface area contributed by atoms with E-state index in [2.05, 4.69) is 5.32 Å². The van der Waals surface area contributed by atoms with E-state index >= 15 is 0 Å². The van der Waals surface area contributed by atoms with Crippen molar-refractivity contribution >= 4 is 11.8 Å². The number of nitrogens with two attached hydrogens (primary N) is 2. The molecular formula is C13H19N3O2. The van der Waals surface area contributed by atoms with E-state index in [0.717, 1.165) is 5.56 Å². The lowest BCUT2D eigenvalue weighted by molar-refractivity contribution is -0.131. The zero-order valence-corrected chi connectivity index (χ0v) is 10.6. The summed E-state index contributed by atoms with van der Waals surface area (Å²) in [4.78, 5) is 22.9. The molecule has 5 N–H and O–H groups in total. The lowest BCUT2D eigenvalue weighted by atomic mass is 10.0. The minimum Gasteiger partial charge on any atom is -0.368 e. The van der Waals surface area contributed by atoms with Crippen molar-refractivity contribution in [2.45, 2.75) is 31.8 Å². The van der Waals surface area contributed by atoms with E-state index in [0.29, 0.717) is 6.42 Å². The summed E-state index contributed by atoms with van der Waals surface area (Å²) >= 11 is 0. The normalized spacial score (nSPS) is 12.8. The van der Waals surface area contributed by atoms with Crippen LogP contribution in [0, 0.1) is 0 Å².